The fourth-order valence-electron chi connectivity index (χ4n) is 1.06. The maximum atomic E-state index is 11.5. The van der Waals surface area contributed by atoms with Gasteiger partial charge >= 0.3 is 0 Å². The second-order valence-corrected chi connectivity index (χ2v) is 3.95. The highest BCUT2D eigenvalue weighted by Gasteiger charge is 2.11. The van der Waals surface area contributed by atoms with Crippen LogP contribution in [-0.2, 0) is 4.84 Å². The van der Waals surface area contributed by atoms with E-state index in [0.717, 1.165) is 0 Å². The van der Waals surface area contributed by atoms with Crippen molar-refractivity contribution in [3.05, 3.63) is 22.8 Å². The molecule has 0 fully saturated rings. The highest BCUT2D eigenvalue weighted by atomic mass is 35.5. The Hall–Kier alpha value is -1.33. The van der Waals surface area contributed by atoms with Crippen LogP contribution in [0.5, 0.6) is 5.88 Å². The number of carbonyl (C=O) groups excluding carboxylic acids is 1. The van der Waals surface area contributed by atoms with Crippen molar-refractivity contribution < 1.29 is 14.4 Å². The van der Waals surface area contributed by atoms with E-state index >= 15 is 0 Å². The number of rotatable bonds is 5. The lowest BCUT2D eigenvalue weighted by Crippen LogP contribution is -2.23. The van der Waals surface area contributed by atoms with Gasteiger partial charge in [0.25, 0.3) is 5.91 Å². The van der Waals surface area contributed by atoms with Crippen molar-refractivity contribution in [2.24, 2.45) is 0 Å². The first-order chi connectivity index (χ1) is 8.04. The van der Waals surface area contributed by atoms with Crippen molar-refractivity contribution in [2.45, 2.75) is 26.9 Å². The van der Waals surface area contributed by atoms with E-state index in [-0.39, 0.29) is 6.10 Å². The topological polar surface area (TPSA) is 60.5 Å². The van der Waals surface area contributed by atoms with Gasteiger partial charge in [-0.15, -0.1) is 0 Å². The third kappa shape index (κ3) is 4.20. The van der Waals surface area contributed by atoms with Gasteiger partial charge in [-0.2, -0.15) is 0 Å². The van der Waals surface area contributed by atoms with E-state index in [9.17, 15) is 4.79 Å². The van der Waals surface area contributed by atoms with Crippen molar-refractivity contribution in [3.63, 3.8) is 0 Å². The lowest BCUT2D eigenvalue weighted by atomic mass is 10.3. The number of carbonyl (C=O) groups is 1. The van der Waals surface area contributed by atoms with Gasteiger partial charge in [0.1, 0.15) is 5.02 Å². The van der Waals surface area contributed by atoms with Crippen molar-refractivity contribution in [3.8, 4) is 5.88 Å². The van der Waals surface area contributed by atoms with Crippen molar-refractivity contribution in [1.82, 2.24) is 10.5 Å². The molecular weight excluding hydrogens is 244 g/mol. The van der Waals surface area contributed by atoms with Crippen LogP contribution < -0.4 is 10.2 Å². The minimum Gasteiger partial charge on any atom is -0.474 e. The molecule has 0 spiro atoms. The van der Waals surface area contributed by atoms with Crippen LogP contribution in [0.25, 0.3) is 0 Å². The lowest BCUT2D eigenvalue weighted by molar-refractivity contribution is 0.0364. The summed E-state index contributed by atoms with van der Waals surface area (Å²) >= 11 is 5.94. The maximum Gasteiger partial charge on any atom is 0.276 e. The van der Waals surface area contributed by atoms with Gasteiger partial charge in [0, 0.05) is 6.20 Å². The fraction of sp³-hybridized carbons (Fsp3) is 0.455. The molecule has 0 unspecified atom stereocenters. The summed E-state index contributed by atoms with van der Waals surface area (Å²) in [5, 5.41) is 0.294. The average molecular weight is 259 g/mol. The smallest absolute Gasteiger partial charge is 0.276 e. The summed E-state index contributed by atoms with van der Waals surface area (Å²) in [6.07, 6.45) is 1.36. The zero-order chi connectivity index (χ0) is 12.8. The number of ether oxygens (including phenoxy) is 1. The third-order valence-corrected chi connectivity index (χ3v) is 2.00. The van der Waals surface area contributed by atoms with Crippen LogP contribution in [0.2, 0.25) is 5.02 Å². The molecule has 94 valence electrons. The molecule has 0 aliphatic heterocycles. The van der Waals surface area contributed by atoms with E-state index in [0.29, 0.717) is 23.1 Å². The van der Waals surface area contributed by atoms with Gasteiger partial charge in [0.2, 0.25) is 5.88 Å². The third-order valence-electron chi connectivity index (χ3n) is 1.73. The summed E-state index contributed by atoms with van der Waals surface area (Å²) < 4.78 is 5.35. The highest BCUT2D eigenvalue weighted by Crippen LogP contribution is 2.23. The molecule has 0 aromatic carbocycles. The van der Waals surface area contributed by atoms with Crippen LogP contribution in [0.1, 0.15) is 31.1 Å². The monoisotopic (exact) mass is 258 g/mol. The first kappa shape index (κ1) is 13.7. The summed E-state index contributed by atoms with van der Waals surface area (Å²) in [7, 11) is 0. The van der Waals surface area contributed by atoms with Gasteiger partial charge in [-0.3, -0.25) is 9.63 Å². The maximum absolute atomic E-state index is 11.5. The summed E-state index contributed by atoms with van der Waals surface area (Å²) in [4.78, 5) is 20.3. The van der Waals surface area contributed by atoms with Crippen LogP contribution in [-0.4, -0.2) is 23.6 Å². The molecule has 17 heavy (non-hydrogen) atoms. The number of halogens is 1. The van der Waals surface area contributed by atoms with Crippen LogP contribution in [0, 0.1) is 0 Å². The van der Waals surface area contributed by atoms with E-state index in [1.165, 1.54) is 12.3 Å². The number of nitrogens with one attached hydrogen (secondary N) is 1. The van der Waals surface area contributed by atoms with Crippen LogP contribution in [0.4, 0.5) is 0 Å². The normalized spacial score (nSPS) is 10.4. The molecule has 0 atom stereocenters. The number of pyridine rings is 1. The molecule has 0 aliphatic carbocycles. The van der Waals surface area contributed by atoms with Gasteiger partial charge in [-0.1, -0.05) is 11.6 Å². The number of aromatic nitrogens is 1. The van der Waals surface area contributed by atoms with E-state index < -0.39 is 5.91 Å². The highest BCUT2D eigenvalue weighted by molar-refractivity contribution is 6.32. The molecule has 0 saturated carbocycles. The lowest BCUT2D eigenvalue weighted by Gasteiger charge is -2.10. The Kier molecular flexibility index (Phi) is 5.18. The van der Waals surface area contributed by atoms with Gasteiger partial charge in [0.05, 0.1) is 18.3 Å². The molecule has 1 aromatic heterocycles. The largest absolute Gasteiger partial charge is 0.474 e. The van der Waals surface area contributed by atoms with E-state index in [1.54, 1.807) is 6.92 Å². The minimum absolute atomic E-state index is 0.0249. The number of amides is 1. The van der Waals surface area contributed by atoms with Gasteiger partial charge in [-0.25, -0.2) is 10.5 Å². The predicted octanol–water partition coefficient (Wildman–Crippen LogP) is 2.20. The first-order valence-corrected chi connectivity index (χ1v) is 5.66. The summed E-state index contributed by atoms with van der Waals surface area (Å²) in [6, 6.07) is 1.49. The second kappa shape index (κ2) is 6.42. The molecule has 1 aromatic rings. The second-order valence-electron chi connectivity index (χ2n) is 3.54. The Morgan fingerprint density at radius 2 is 2.29 bits per heavy atom. The van der Waals surface area contributed by atoms with Crippen LogP contribution in [0.3, 0.4) is 0 Å². The number of hydrogen-bond acceptors (Lipinski definition) is 4. The zero-order valence-electron chi connectivity index (χ0n) is 9.99. The van der Waals surface area contributed by atoms with Crippen molar-refractivity contribution >= 4 is 17.5 Å². The zero-order valence-corrected chi connectivity index (χ0v) is 10.7. The molecule has 6 heteroatoms. The molecule has 5 nitrogen and oxygen atoms in total. The number of hydroxylamine groups is 1. The standard InChI is InChI=1S/C11H15ClN2O3/c1-4-16-14-10(15)8-5-9(12)11(13-6-8)17-7(2)3/h5-7H,4H2,1-3H3,(H,14,15). The van der Waals surface area contributed by atoms with Crippen molar-refractivity contribution in [1.29, 1.82) is 0 Å². The molecule has 0 radical (unpaired) electrons. The molecule has 1 amide bonds. The molecule has 1 rings (SSSR count). The van der Waals surface area contributed by atoms with E-state index in [4.69, 9.17) is 21.2 Å². The fourth-order valence-corrected chi connectivity index (χ4v) is 1.27. The van der Waals surface area contributed by atoms with Gasteiger partial charge < -0.3 is 4.74 Å². The molecule has 0 aliphatic rings. The quantitative estimate of drug-likeness (QED) is 0.823. The molecular formula is C11H15ClN2O3. The minimum atomic E-state index is -0.391. The number of hydrogen-bond donors (Lipinski definition) is 1. The van der Waals surface area contributed by atoms with Crippen LogP contribution >= 0.6 is 11.6 Å². The Morgan fingerprint density at radius 3 is 2.82 bits per heavy atom. The molecule has 1 N–H and O–H groups in total. The Morgan fingerprint density at radius 1 is 1.59 bits per heavy atom. The van der Waals surface area contributed by atoms with Crippen molar-refractivity contribution in [2.75, 3.05) is 6.61 Å². The molecule has 0 saturated heterocycles. The van der Waals surface area contributed by atoms with E-state index in [1.807, 2.05) is 13.8 Å². The Labute approximate surface area is 105 Å². The predicted molar refractivity (Wildman–Crippen MR) is 64.1 cm³/mol. The summed E-state index contributed by atoms with van der Waals surface area (Å²) in [6.45, 7) is 5.90. The number of nitrogens with zero attached hydrogens (tertiary/aromatic N) is 1. The van der Waals surface area contributed by atoms with E-state index in [2.05, 4.69) is 10.5 Å². The Balaban J connectivity index is 2.77. The van der Waals surface area contributed by atoms with Gasteiger partial charge in [-0.05, 0) is 26.8 Å². The van der Waals surface area contributed by atoms with Crippen LogP contribution in [0.15, 0.2) is 12.3 Å². The SMILES string of the molecule is CCONC(=O)c1cnc(OC(C)C)c(Cl)c1. The first-order valence-electron chi connectivity index (χ1n) is 5.29. The Bertz CT molecular complexity index is 396. The molecule has 0 bridgehead atoms. The summed E-state index contributed by atoms with van der Waals surface area (Å²) in [5.74, 6) is -0.0769. The van der Waals surface area contributed by atoms with Gasteiger partial charge in [0.15, 0.2) is 0 Å². The molecule has 1 heterocycles. The average Bonchev–Trinajstić information content (AvgIpc) is 2.28. The summed E-state index contributed by atoms with van der Waals surface area (Å²) in [5.41, 5.74) is 2.58.